The van der Waals surface area contributed by atoms with Crippen molar-refractivity contribution in [3.05, 3.63) is 35.4 Å². The van der Waals surface area contributed by atoms with Crippen LogP contribution in [0.5, 0.6) is 0 Å². The van der Waals surface area contributed by atoms with E-state index >= 15 is 0 Å². The molecule has 1 aromatic rings. The minimum absolute atomic E-state index is 0.149. The van der Waals surface area contributed by atoms with Crippen LogP contribution in [0.3, 0.4) is 0 Å². The predicted molar refractivity (Wildman–Crippen MR) is 55.3 cm³/mol. The standard InChI is InChI=1S/C11H12N2O/c1-2-12-11(14)13-7-9-5-3-4-6-10(9)8-13/h2-6H,7-8H2,1H3. The van der Waals surface area contributed by atoms with Crippen LogP contribution < -0.4 is 0 Å². The first-order chi connectivity index (χ1) is 6.81. The van der Waals surface area contributed by atoms with Crippen LogP contribution in [0.2, 0.25) is 0 Å². The van der Waals surface area contributed by atoms with Gasteiger partial charge in [-0.25, -0.2) is 9.79 Å². The minimum Gasteiger partial charge on any atom is -0.314 e. The molecule has 0 fully saturated rings. The van der Waals surface area contributed by atoms with Crippen molar-refractivity contribution in [3.8, 4) is 0 Å². The lowest BCUT2D eigenvalue weighted by atomic mass is 10.1. The zero-order chi connectivity index (χ0) is 9.97. The van der Waals surface area contributed by atoms with E-state index in [1.54, 1.807) is 11.8 Å². The fourth-order valence-corrected chi connectivity index (χ4v) is 1.66. The third-order valence-corrected chi connectivity index (χ3v) is 2.35. The van der Waals surface area contributed by atoms with Crippen LogP contribution >= 0.6 is 0 Å². The molecule has 0 aliphatic carbocycles. The van der Waals surface area contributed by atoms with Gasteiger partial charge >= 0.3 is 6.03 Å². The average Bonchev–Trinajstić information content (AvgIpc) is 2.61. The summed E-state index contributed by atoms with van der Waals surface area (Å²) in [5.74, 6) is 0. The van der Waals surface area contributed by atoms with Gasteiger partial charge < -0.3 is 4.90 Å². The van der Waals surface area contributed by atoms with Gasteiger partial charge in [-0.3, -0.25) is 0 Å². The molecule has 3 heteroatoms. The largest absolute Gasteiger partial charge is 0.343 e. The third kappa shape index (κ3) is 1.53. The molecule has 0 unspecified atom stereocenters. The topological polar surface area (TPSA) is 32.7 Å². The molecule has 2 rings (SSSR count). The molecule has 0 radical (unpaired) electrons. The fourth-order valence-electron chi connectivity index (χ4n) is 1.66. The lowest BCUT2D eigenvalue weighted by Crippen LogP contribution is -2.21. The molecule has 0 saturated carbocycles. The summed E-state index contributed by atoms with van der Waals surface area (Å²) in [5, 5.41) is 0. The van der Waals surface area contributed by atoms with E-state index in [1.165, 1.54) is 17.3 Å². The Balaban J connectivity index is 2.15. The lowest BCUT2D eigenvalue weighted by Gasteiger charge is -2.10. The molecular weight excluding hydrogens is 176 g/mol. The molecule has 1 aliphatic heterocycles. The van der Waals surface area contributed by atoms with Gasteiger partial charge in [0.15, 0.2) is 0 Å². The van der Waals surface area contributed by atoms with Crippen LogP contribution in [-0.4, -0.2) is 17.1 Å². The Hall–Kier alpha value is -1.64. The highest BCUT2D eigenvalue weighted by Gasteiger charge is 2.21. The van der Waals surface area contributed by atoms with Crippen molar-refractivity contribution >= 4 is 12.2 Å². The van der Waals surface area contributed by atoms with Gasteiger partial charge in [0.1, 0.15) is 0 Å². The maximum atomic E-state index is 11.4. The van der Waals surface area contributed by atoms with Gasteiger partial charge in [0.2, 0.25) is 0 Å². The highest BCUT2D eigenvalue weighted by atomic mass is 16.2. The second-order valence-corrected chi connectivity index (χ2v) is 3.29. The molecule has 1 aromatic carbocycles. The highest BCUT2D eigenvalue weighted by Crippen LogP contribution is 2.22. The Kier molecular flexibility index (Phi) is 2.31. The first kappa shape index (κ1) is 8.94. The summed E-state index contributed by atoms with van der Waals surface area (Å²) in [6.07, 6.45) is 1.53. The van der Waals surface area contributed by atoms with Crippen molar-refractivity contribution in [2.45, 2.75) is 20.0 Å². The van der Waals surface area contributed by atoms with Crippen molar-refractivity contribution < 1.29 is 4.79 Å². The highest BCUT2D eigenvalue weighted by molar-refractivity contribution is 5.83. The van der Waals surface area contributed by atoms with Gasteiger partial charge in [-0.1, -0.05) is 24.3 Å². The zero-order valence-corrected chi connectivity index (χ0v) is 8.10. The molecule has 0 saturated heterocycles. The summed E-state index contributed by atoms with van der Waals surface area (Å²) in [4.78, 5) is 16.9. The van der Waals surface area contributed by atoms with Crippen LogP contribution in [0.4, 0.5) is 4.79 Å². The summed E-state index contributed by atoms with van der Waals surface area (Å²) >= 11 is 0. The summed E-state index contributed by atoms with van der Waals surface area (Å²) in [5.41, 5.74) is 2.46. The molecule has 0 N–H and O–H groups in total. The van der Waals surface area contributed by atoms with E-state index in [9.17, 15) is 4.79 Å². The van der Waals surface area contributed by atoms with E-state index in [-0.39, 0.29) is 6.03 Å². The molecule has 0 spiro atoms. The van der Waals surface area contributed by atoms with E-state index in [0.29, 0.717) is 13.1 Å². The zero-order valence-electron chi connectivity index (χ0n) is 8.10. The SMILES string of the molecule is CC=NC(=O)N1Cc2ccccc2C1. The van der Waals surface area contributed by atoms with E-state index in [1.807, 2.05) is 12.1 Å². The van der Waals surface area contributed by atoms with E-state index in [2.05, 4.69) is 17.1 Å². The molecule has 3 nitrogen and oxygen atoms in total. The van der Waals surface area contributed by atoms with Crippen LogP contribution in [0.15, 0.2) is 29.3 Å². The van der Waals surface area contributed by atoms with Crippen LogP contribution in [0, 0.1) is 0 Å². The number of carbonyl (C=O) groups excluding carboxylic acids is 1. The monoisotopic (exact) mass is 188 g/mol. The van der Waals surface area contributed by atoms with Crippen LogP contribution in [0.25, 0.3) is 0 Å². The Morgan fingerprint density at radius 3 is 2.43 bits per heavy atom. The molecule has 1 heterocycles. The lowest BCUT2D eigenvalue weighted by molar-refractivity contribution is 0.209. The number of benzene rings is 1. The Morgan fingerprint density at radius 2 is 1.93 bits per heavy atom. The van der Waals surface area contributed by atoms with Gasteiger partial charge in [-0.2, -0.15) is 0 Å². The van der Waals surface area contributed by atoms with Gasteiger partial charge in [0, 0.05) is 19.3 Å². The first-order valence-electron chi connectivity index (χ1n) is 4.65. The van der Waals surface area contributed by atoms with Gasteiger partial charge in [-0.15, -0.1) is 0 Å². The molecule has 1 aliphatic rings. The third-order valence-electron chi connectivity index (χ3n) is 2.35. The number of carbonyl (C=O) groups is 1. The van der Waals surface area contributed by atoms with E-state index in [0.717, 1.165) is 0 Å². The minimum atomic E-state index is -0.149. The number of aliphatic imine (C=N–C) groups is 1. The maximum absolute atomic E-state index is 11.4. The van der Waals surface area contributed by atoms with E-state index < -0.39 is 0 Å². The number of fused-ring (bicyclic) bond motifs is 1. The molecular formula is C11H12N2O. The molecule has 2 amide bonds. The summed E-state index contributed by atoms with van der Waals surface area (Å²) < 4.78 is 0. The van der Waals surface area contributed by atoms with Crippen LogP contribution in [-0.2, 0) is 13.1 Å². The van der Waals surface area contributed by atoms with Gasteiger partial charge in [0.25, 0.3) is 0 Å². The van der Waals surface area contributed by atoms with Crippen molar-refractivity contribution in [2.75, 3.05) is 0 Å². The predicted octanol–water partition coefficient (Wildman–Crippen LogP) is 2.21. The molecule has 72 valence electrons. The number of amides is 2. The molecule has 0 aromatic heterocycles. The second-order valence-electron chi connectivity index (χ2n) is 3.29. The number of urea groups is 1. The van der Waals surface area contributed by atoms with Crippen molar-refractivity contribution in [3.63, 3.8) is 0 Å². The van der Waals surface area contributed by atoms with Crippen LogP contribution in [0.1, 0.15) is 18.1 Å². The van der Waals surface area contributed by atoms with Crippen molar-refractivity contribution in [1.82, 2.24) is 4.90 Å². The number of hydrogen-bond donors (Lipinski definition) is 0. The van der Waals surface area contributed by atoms with Crippen molar-refractivity contribution in [1.29, 1.82) is 0 Å². The molecule has 14 heavy (non-hydrogen) atoms. The molecule has 0 atom stereocenters. The number of rotatable bonds is 0. The second kappa shape index (κ2) is 3.62. The Morgan fingerprint density at radius 1 is 1.36 bits per heavy atom. The maximum Gasteiger partial charge on any atom is 0.343 e. The smallest absolute Gasteiger partial charge is 0.314 e. The van der Waals surface area contributed by atoms with E-state index in [4.69, 9.17) is 0 Å². The molecule has 0 bridgehead atoms. The average molecular weight is 188 g/mol. The quantitative estimate of drug-likeness (QED) is 0.574. The Bertz CT molecular complexity index is 360. The summed E-state index contributed by atoms with van der Waals surface area (Å²) in [7, 11) is 0. The van der Waals surface area contributed by atoms with Crippen molar-refractivity contribution in [2.24, 2.45) is 4.99 Å². The summed E-state index contributed by atoms with van der Waals surface area (Å²) in [6.45, 7) is 3.12. The summed E-state index contributed by atoms with van der Waals surface area (Å²) in [6, 6.07) is 7.95. The normalized spacial score (nSPS) is 14.8. The van der Waals surface area contributed by atoms with Gasteiger partial charge in [-0.05, 0) is 18.1 Å². The van der Waals surface area contributed by atoms with Gasteiger partial charge in [0.05, 0.1) is 0 Å². The first-order valence-corrected chi connectivity index (χ1v) is 4.65. The number of nitrogens with zero attached hydrogens (tertiary/aromatic N) is 2. The fraction of sp³-hybridized carbons (Fsp3) is 0.273. The number of hydrogen-bond acceptors (Lipinski definition) is 1. The Labute approximate surface area is 83.1 Å².